The van der Waals surface area contributed by atoms with Crippen molar-refractivity contribution in [3.63, 3.8) is 0 Å². The van der Waals surface area contributed by atoms with E-state index in [0.717, 1.165) is 6.26 Å². The van der Waals surface area contributed by atoms with E-state index in [4.69, 9.17) is 11.6 Å². The number of benzene rings is 1. The number of hydrogen-bond acceptors (Lipinski definition) is 8. The van der Waals surface area contributed by atoms with Crippen molar-refractivity contribution in [3.8, 4) is 22.5 Å². The molecule has 3 N–H and O–H groups in total. The van der Waals surface area contributed by atoms with Crippen LogP contribution in [0.1, 0.15) is 33.7 Å². The maximum absolute atomic E-state index is 15.4. The minimum Gasteiger partial charge on any atom is -0.388 e. The highest BCUT2D eigenvalue weighted by molar-refractivity contribution is 7.92. The molecule has 3 aromatic rings. The van der Waals surface area contributed by atoms with Gasteiger partial charge in [0.1, 0.15) is 5.69 Å². The summed E-state index contributed by atoms with van der Waals surface area (Å²) >= 11 is 6.17. The first-order valence-corrected chi connectivity index (χ1v) is 14.0. The Kier molecular flexibility index (Phi) is 13.7. The van der Waals surface area contributed by atoms with Crippen molar-refractivity contribution >= 4 is 39.7 Å². The topological polar surface area (TPSA) is 140 Å². The lowest BCUT2D eigenvalue weighted by atomic mass is 10.0. The molecule has 0 aliphatic rings. The van der Waals surface area contributed by atoms with E-state index in [1.807, 2.05) is 27.7 Å². The van der Waals surface area contributed by atoms with Crippen molar-refractivity contribution in [3.05, 3.63) is 41.4 Å². The van der Waals surface area contributed by atoms with Crippen molar-refractivity contribution < 1.29 is 22.3 Å². The van der Waals surface area contributed by atoms with Crippen molar-refractivity contribution in [2.45, 2.75) is 33.7 Å². The Morgan fingerprint density at radius 2 is 1.84 bits per heavy atom. The second-order valence-corrected chi connectivity index (χ2v) is 10.0. The fourth-order valence-corrected chi connectivity index (χ4v) is 3.74. The van der Waals surface area contributed by atoms with Gasteiger partial charge in [-0.3, -0.25) is 14.2 Å². The Labute approximate surface area is 228 Å². The first-order chi connectivity index (χ1) is 18.0. The Bertz CT molecular complexity index is 1290. The molecule has 1 aromatic carbocycles. The Balaban J connectivity index is 0.00000135. The van der Waals surface area contributed by atoms with E-state index in [1.54, 1.807) is 37.4 Å². The largest absolute Gasteiger partial charge is 0.388 e. The zero-order valence-corrected chi connectivity index (χ0v) is 24.1. The highest BCUT2D eigenvalue weighted by atomic mass is 35.5. The van der Waals surface area contributed by atoms with Crippen LogP contribution in [-0.2, 0) is 19.6 Å². The molecule has 0 aliphatic heterocycles. The molecule has 2 aromatic heterocycles. The summed E-state index contributed by atoms with van der Waals surface area (Å²) in [7, 11) is -0.485. The van der Waals surface area contributed by atoms with Crippen molar-refractivity contribution in [1.82, 2.24) is 25.1 Å². The fraction of sp³-hybridized carbons (Fsp3) is 0.417. The molecule has 3 rings (SSSR count). The van der Waals surface area contributed by atoms with E-state index in [9.17, 15) is 13.2 Å². The summed E-state index contributed by atoms with van der Waals surface area (Å²) in [4.78, 5) is 19.0. The van der Waals surface area contributed by atoms with Crippen LogP contribution in [0, 0.1) is 5.82 Å². The average Bonchev–Trinajstić information content (AvgIpc) is 3.31. The van der Waals surface area contributed by atoms with Gasteiger partial charge in [-0.05, 0) is 32.0 Å². The lowest BCUT2D eigenvalue weighted by Crippen LogP contribution is -2.21. The molecule has 0 spiro atoms. The van der Waals surface area contributed by atoms with Crippen LogP contribution in [0.25, 0.3) is 22.5 Å². The molecule has 11 nitrogen and oxygen atoms in total. The normalized spacial score (nSPS) is 10.6. The van der Waals surface area contributed by atoms with Gasteiger partial charge in [0.25, 0.3) is 0 Å². The lowest BCUT2D eigenvalue weighted by molar-refractivity contribution is -0.109. The van der Waals surface area contributed by atoms with Crippen LogP contribution in [0.15, 0.2) is 30.6 Å². The second kappa shape index (κ2) is 15.8. The van der Waals surface area contributed by atoms with Gasteiger partial charge in [0, 0.05) is 61.9 Å². The second-order valence-electron chi connectivity index (χ2n) is 7.83. The molecular weight excluding hydrogens is 537 g/mol. The molecule has 0 atom stereocenters. The maximum atomic E-state index is 15.4. The average molecular weight is 572 g/mol. The molecule has 38 heavy (non-hydrogen) atoms. The minimum absolute atomic E-state index is 0.0198. The number of nitrogens with zero attached hydrogens (tertiary/aromatic N) is 4. The molecule has 1 amide bonds. The summed E-state index contributed by atoms with van der Waals surface area (Å²) in [6, 6.07) is 4.19. The number of carbonyl (C=O) groups excluding carboxylic acids is 1. The van der Waals surface area contributed by atoms with E-state index in [0.29, 0.717) is 36.7 Å². The predicted octanol–water partition coefficient (Wildman–Crippen LogP) is 4.20. The third-order valence-electron chi connectivity index (χ3n) is 4.42. The molecule has 0 unspecified atom stereocenters. The summed E-state index contributed by atoms with van der Waals surface area (Å²) < 4.78 is 46.8. The van der Waals surface area contributed by atoms with Crippen LogP contribution in [-0.4, -0.2) is 68.1 Å². The van der Waals surface area contributed by atoms with Gasteiger partial charge in [-0.1, -0.05) is 25.4 Å². The predicted molar refractivity (Wildman–Crippen MR) is 149 cm³/mol. The zero-order valence-electron chi connectivity index (χ0n) is 22.5. The zero-order chi connectivity index (χ0) is 28.9. The summed E-state index contributed by atoms with van der Waals surface area (Å²) in [5.41, 5.74) is 0.957. The highest BCUT2D eigenvalue weighted by Gasteiger charge is 2.22. The lowest BCUT2D eigenvalue weighted by Gasteiger charge is -2.11. The Morgan fingerprint density at radius 3 is 2.42 bits per heavy atom. The standard InChI is InChI=1S/C20H23ClFN7O3S.C2H6O.C2H6/c1-12(2)29-10-15(16-4-5-24-20(26-16)25-7-6-23-11-30)19(27-29)14-8-13(21)9-17(18(14)22)28-33(3,31)32;1-3-2;1-2/h4-5,8-12,28H,6-7H2,1-3H3,(H,23,30)(H,24,25,26);1-2H3;1-2H3. The molecule has 0 saturated heterocycles. The van der Waals surface area contributed by atoms with E-state index >= 15 is 4.39 Å². The van der Waals surface area contributed by atoms with Crippen LogP contribution in [0.2, 0.25) is 5.02 Å². The molecule has 14 heteroatoms. The van der Waals surface area contributed by atoms with Gasteiger partial charge < -0.3 is 15.4 Å². The van der Waals surface area contributed by atoms with Gasteiger partial charge in [0.15, 0.2) is 5.82 Å². The number of aromatic nitrogens is 4. The van der Waals surface area contributed by atoms with E-state index in [-0.39, 0.29) is 28.0 Å². The molecular formula is C24H35ClFN7O4S. The fourth-order valence-electron chi connectivity index (χ4n) is 2.98. The number of nitrogens with one attached hydrogen (secondary N) is 3. The summed E-state index contributed by atoms with van der Waals surface area (Å²) in [6.07, 6.45) is 4.79. The van der Waals surface area contributed by atoms with E-state index in [1.165, 1.54) is 12.1 Å². The molecule has 2 heterocycles. The molecule has 0 radical (unpaired) electrons. The molecule has 0 aliphatic carbocycles. The smallest absolute Gasteiger partial charge is 0.229 e. The number of methoxy groups -OCH3 is 1. The van der Waals surface area contributed by atoms with Crippen LogP contribution in [0.4, 0.5) is 16.0 Å². The van der Waals surface area contributed by atoms with Crippen molar-refractivity contribution in [2.75, 3.05) is 43.6 Å². The van der Waals surface area contributed by atoms with Crippen molar-refractivity contribution in [1.29, 1.82) is 0 Å². The summed E-state index contributed by atoms with van der Waals surface area (Å²) in [6.45, 7) is 8.62. The maximum Gasteiger partial charge on any atom is 0.229 e. The van der Waals surface area contributed by atoms with Gasteiger partial charge in [-0.15, -0.1) is 0 Å². The van der Waals surface area contributed by atoms with E-state index < -0.39 is 15.8 Å². The summed E-state index contributed by atoms with van der Waals surface area (Å²) in [5.74, 6) is -0.498. The number of hydrogen-bond donors (Lipinski definition) is 3. The molecule has 0 bridgehead atoms. The molecule has 0 saturated carbocycles. The van der Waals surface area contributed by atoms with Gasteiger partial charge in [0.05, 0.1) is 17.6 Å². The van der Waals surface area contributed by atoms with Gasteiger partial charge >= 0.3 is 0 Å². The van der Waals surface area contributed by atoms with Gasteiger partial charge in [0.2, 0.25) is 22.4 Å². The third-order valence-corrected chi connectivity index (χ3v) is 5.23. The van der Waals surface area contributed by atoms with Gasteiger partial charge in [-0.2, -0.15) is 5.10 Å². The first kappa shape index (κ1) is 32.7. The van der Waals surface area contributed by atoms with Crippen LogP contribution in [0.3, 0.4) is 0 Å². The first-order valence-electron chi connectivity index (χ1n) is 11.7. The Morgan fingerprint density at radius 1 is 1.18 bits per heavy atom. The van der Waals surface area contributed by atoms with E-state index in [2.05, 4.69) is 35.2 Å². The number of halogens is 2. The number of amides is 1. The number of sulfonamides is 1. The van der Waals surface area contributed by atoms with Crippen LogP contribution >= 0.6 is 11.6 Å². The Hall–Kier alpha value is -3.29. The minimum atomic E-state index is -3.73. The molecule has 210 valence electrons. The number of carbonyl (C=O) groups is 1. The quantitative estimate of drug-likeness (QED) is 0.243. The third kappa shape index (κ3) is 9.88. The number of ether oxygens (including phenoxy) is 1. The van der Waals surface area contributed by atoms with Crippen LogP contribution < -0.4 is 15.4 Å². The monoisotopic (exact) mass is 571 g/mol. The molecule has 0 fully saturated rings. The number of anilines is 2. The highest BCUT2D eigenvalue weighted by Crippen LogP contribution is 2.37. The van der Waals surface area contributed by atoms with Gasteiger partial charge in [-0.25, -0.2) is 22.8 Å². The van der Waals surface area contributed by atoms with Crippen LogP contribution in [0.5, 0.6) is 0 Å². The SMILES string of the molecule is CC.CC(C)n1cc(-c2ccnc(NCCNC=O)n2)c(-c2cc(Cl)cc(NS(C)(=O)=O)c2F)n1.COC. The number of rotatable bonds is 10. The van der Waals surface area contributed by atoms with Crippen molar-refractivity contribution in [2.24, 2.45) is 0 Å². The summed E-state index contributed by atoms with van der Waals surface area (Å²) in [5, 5.41) is 10.2.